The molecule has 1 unspecified atom stereocenters. The molecular formula is C15H21NO5S. The average Bonchev–Trinajstić information content (AvgIpc) is 2.39. The summed E-state index contributed by atoms with van der Waals surface area (Å²) < 4.78 is 23.4. The van der Waals surface area contributed by atoms with Gasteiger partial charge in [-0.1, -0.05) is 6.92 Å². The van der Waals surface area contributed by atoms with Crippen molar-refractivity contribution in [1.29, 1.82) is 0 Å². The predicted molar refractivity (Wildman–Crippen MR) is 82.8 cm³/mol. The molecule has 1 atom stereocenters. The summed E-state index contributed by atoms with van der Waals surface area (Å²) in [6, 6.07) is 2.78. The first-order valence-corrected chi connectivity index (χ1v) is 8.68. The molecule has 1 aromatic rings. The normalized spacial score (nSPS) is 14.2. The molecular weight excluding hydrogens is 306 g/mol. The van der Waals surface area contributed by atoms with Gasteiger partial charge in [0, 0.05) is 11.8 Å². The highest BCUT2D eigenvalue weighted by Crippen LogP contribution is 2.21. The molecule has 0 radical (unpaired) electrons. The van der Waals surface area contributed by atoms with Crippen LogP contribution in [0.4, 0.5) is 0 Å². The Balaban J connectivity index is 3.35. The number of aliphatic carboxylic acids is 1. The highest BCUT2D eigenvalue weighted by Gasteiger charge is 2.33. The molecule has 0 bridgehead atoms. The van der Waals surface area contributed by atoms with Crippen LogP contribution in [-0.4, -0.2) is 37.2 Å². The third-order valence-electron chi connectivity index (χ3n) is 3.88. The van der Waals surface area contributed by atoms with E-state index in [4.69, 9.17) is 0 Å². The second kappa shape index (κ2) is 6.08. The van der Waals surface area contributed by atoms with Gasteiger partial charge in [-0.25, -0.2) is 13.2 Å². The van der Waals surface area contributed by atoms with Crippen LogP contribution in [-0.2, 0) is 14.6 Å². The zero-order valence-electron chi connectivity index (χ0n) is 13.4. The highest BCUT2D eigenvalue weighted by molar-refractivity contribution is 7.90. The van der Waals surface area contributed by atoms with Crippen molar-refractivity contribution >= 4 is 21.7 Å². The molecule has 0 saturated carbocycles. The van der Waals surface area contributed by atoms with E-state index in [1.165, 1.54) is 19.1 Å². The molecule has 6 nitrogen and oxygen atoms in total. The number of amides is 1. The van der Waals surface area contributed by atoms with E-state index in [2.05, 4.69) is 5.32 Å². The van der Waals surface area contributed by atoms with Crippen molar-refractivity contribution in [3.63, 3.8) is 0 Å². The molecule has 7 heteroatoms. The Labute approximate surface area is 130 Å². The number of carbonyl (C=O) groups is 2. The molecule has 22 heavy (non-hydrogen) atoms. The Morgan fingerprint density at radius 2 is 1.82 bits per heavy atom. The monoisotopic (exact) mass is 327 g/mol. The van der Waals surface area contributed by atoms with Gasteiger partial charge in [-0.2, -0.15) is 0 Å². The molecule has 0 heterocycles. The van der Waals surface area contributed by atoms with Crippen LogP contribution < -0.4 is 5.32 Å². The summed E-state index contributed by atoms with van der Waals surface area (Å²) in [5.74, 6) is -1.74. The van der Waals surface area contributed by atoms with Gasteiger partial charge in [0.2, 0.25) is 0 Å². The number of nitrogens with one attached hydrogen (secondary N) is 1. The first kappa shape index (κ1) is 18.2. The SMILES string of the molecule is CCC(C)(NC(=O)c1cc(S(C)(=O)=O)cc(C)c1C)C(=O)O. The third kappa shape index (κ3) is 3.65. The van der Waals surface area contributed by atoms with Crippen LogP contribution in [0, 0.1) is 13.8 Å². The predicted octanol–water partition coefficient (Wildman–Crippen LogP) is 1.69. The molecule has 122 valence electrons. The van der Waals surface area contributed by atoms with E-state index < -0.39 is 27.3 Å². The minimum Gasteiger partial charge on any atom is -0.480 e. The molecule has 1 amide bonds. The molecule has 0 aliphatic carbocycles. The number of aryl methyl sites for hydroxylation is 1. The van der Waals surface area contributed by atoms with Gasteiger partial charge >= 0.3 is 5.97 Å². The van der Waals surface area contributed by atoms with Crippen LogP contribution in [0.15, 0.2) is 17.0 Å². The van der Waals surface area contributed by atoms with E-state index in [-0.39, 0.29) is 16.9 Å². The van der Waals surface area contributed by atoms with Gasteiger partial charge in [0.1, 0.15) is 5.54 Å². The zero-order valence-corrected chi connectivity index (χ0v) is 14.2. The minimum atomic E-state index is -3.46. The van der Waals surface area contributed by atoms with E-state index in [1.807, 2.05) is 0 Å². The number of sulfone groups is 1. The summed E-state index contributed by atoms with van der Waals surface area (Å²) in [5, 5.41) is 11.7. The molecule has 1 rings (SSSR count). The lowest BCUT2D eigenvalue weighted by atomic mass is 9.97. The third-order valence-corrected chi connectivity index (χ3v) is 4.97. The summed E-state index contributed by atoms with van der Waals surface area (Å²) in [4.78, 5) is 23.7. The molecule has 0 aliphatic rings. The van der Waals surface area contributed by atoms with Crippen molar-refractivity contribution in [2.24, 2.45) is 0 Å². The van der Waals surface area contributed by atoms with Gasteiger partial charge in [0.15, 0.2) is 9.84 Å². The first-order chi connectivity index (χ1) is 9.92. The van der Waals surface area contributed by atoms with Crippen molar-refractivity contribution in [1.82, 2.24) is 5.32 Å². The number of carboxylic acid groups (broad SMARTS) is 1. The second-order valence-corrected chi connectivity index (χ2v) is 7.65. The lowest BCUT2D eigenvalue weighted by Crippen LogP contribution is -2.51. The van der Waals surface area contributed by atoms with Crippen LogP contribution in [0.1, 0.15) is 41.8 Å². The Morgan fingerprint density at radius 1 is 1.27 bits per heavy atom. The van der Waals surface area contributed by atoms with Crippen molar-refractivity contribution < 1.29 is 23.1 Å². The summed E-state index contributed by atoms with van der Waals surface area (Å²) >= 11 is 0. The van der Waals surface area contributed by atoms with E-state index in [9.17, 15) is 23.1 Å². The Morgan fingerprint density at radius 3 is 2.23 bits per heavy atom. The molecule has 2 N–H and O–H groups in total. The van der Waals surface area contributed by atoms with Gasteiger partial charge in [-0.3, -0.25) is 4.79 Å². The largest absolute Gasteiger partial charge is 0.480 e. The molecule has 0 saturated heterocycles. The molecule has 0 spiro atoms. The van der Waals surface area contributed by atoms with Gasteiger partial charge in [0.25, 0.3) is 5.91 Å². The Kier molecular flexibility index (Phi) is 5.02. The van der Waals surface area contributed by atoms with Crippen molar-refractivity contribution in [2.45, 2.75) is 44.6 Å². The van der Waals surface area contributed by atoms with Crippen molar-refractivity contribution in [3.05, 3.63) is 28.8 Å². The molecule has 0 aromatic heterocycles. The van der Waals surface area contributed by atoms with E-state index in [0.29, 0.717) is 11.1 Å². The van der Waals surface area contributed by atoms with E-state index in [1.54, 1.807) is 20.8 Å². The fraction of sp³-hybridized carbons (Fsp3) is 0.467. The zero-order chi connectivity index (χ0) is 17.3. The quantitative estimate of drug-likeness (QED) is 0.857. The molecule has 1 aromatic carbocycles. The fourth-order valence-electron chi connectivity index (χ4n) is 1.89. The van der Waals surface area contributed by atoms with Gasteiger partial charge in [-0.05, 0) is 50.5 Å². The maximum absolute atomic E-state index is 12.4. The number of hydrogen-bond acceptors (Lipinski definition) is 4. The minimum absolute atomic E-state index is 0.0364. The number of rotatable bonds is 5. The lowest BCUT2D eigenvalue weighted by molar-refractivity contribution is -0.143. The lowest BCUT2D eigenvalue weighted by Gasteiger charge is -2.25. The molecule has 0 fully saturated rings. The Hall–Kier alpha value is -1.89. The van der Waals surface area contributed by atoms with Crippen LogP contribution >= 0.6 is 0 Å². The van der Waals surface area contributed by atoms with Gasteiger partial charge in [0.05, 0.1) is 4.90 Å². The topological polar surface area (TPSA) is 101 Å². The number of carbonyl (C=O) groups excluding carboxylic acids is 1. The Bertz CT molecular complexity index is 724. The van der Waals surface area contributed by atoms with Crippen molar-refractivity contribution in [3.8, 4) is 0 Å². The summed E-state index contributed by atoms with van der Waals surface area (Å²) in [5.41, 5.74) is 0.0371. The summed E-state index contributed by atoms with van der Waals surface area (Å²) in [7, 11) is -3.46. The smallest absolute Gasteiger partial charge is 0.329 e. The van der Waals surface area contributed by atoms with Crippen LogP contribution in [0.3, 0.4) is 0 Å². The maximum Gasteiger partial charge on any atom is 0.329 e. The maximum atomic E-state index is 12.4. The first-order valence-electron chi connectivity index (χ1n) is 6.79. The van der Waals surface area contributed by atoms with Crippen molar-refractivity contribution in [2.75, 3.05) is 6.26 Å². The van der Waals surface area contributed by atoms with E-state index >= 15 is 0 Å². The van der Waals surface area contributed by atoms with Crippen LogP contribution in [0.2, 0.25) is 0 Å². The second-order valence-electron chi connectivity index (χ2n) is 5.63. The average molecular weight is 327 g/mol. The number of hydrogen-bond donors (Lipinski definition) is 2. The fourth-order valence-corrected chi connectivity index (χ4v) is 2.61. The number of benzene rings is 1. The summed E-state index contributed by atoms with van der Waals surface area (Å²) in [6.45, 7) is 6.46. The van der Waals surface area contributed by atoms with E-state index in [0.717, 1.165) is 6.26 Å². The highest BCUT2D eigenvalue weighted by atomic mass is 32.2. The summed E-state index contributed by atoms with van der Waals surface area (Å²) in [6.07, 6.45) is 1.27. The van der Waals surface area contributed by atoms with Gasteiger partial charge in [-0.15, -0.1) is 0 Å². The van der Waals surface area contributed by atoms with Crippen LogP contribution in [0.25, 0.3) is 0 Å². The molecule has 0 aliphatic heterocycles. The standard InChI is InChI=1S/C15H21NO5S/c1-6-15(4,14(18)19)16-13(17)12-8-11(22(5,20)21)7-9(2)10(12)3/h7-8H,6H2,1-5H3,(H,16,17)(H,18,19). The number of carboxylic acids is 1. The van der Waals surface area contributed by atoms with Gasteiger partial charge < -0.3 is 10.4 Å². The van der Waals surface area contributed by atoms with Crippen LogP contribution in [0.5, 0.6) is 0 Å².